The third kappa shape index (κ3) is 4.07. The van der Waals surface area contributed by atoms with Crippen molar-refractivity contribution in [1.82, 2.24) is 29.5 Å². The van der Waals surface area contributed by atoms with Gasteiger partial charge in [-0.2, -0.15) is 13.9 Å². The highest BCUT2D eigenvalue weighted by molar-refractivity contribution is 8.00. The molecule has 5 rings (SSSR count). The van der Waals surface area contributed by atoms with E-state index >= 15 is 0 Å². The topological polar surface area (TPSA) is 215 Å². The molecule has 0 radical (unpaired) electrons. The van der Waals surface area contributed by atoms with Crippen molar-refractivity contribution in [2.24, 2.45) is 5.16 Å². The molecule has 0 bridgehead atoms. The molecule has 0 aromatic carbocycles. The van der Waals surface area contributed by atoms with Gasteiger partial charge in [-0.25, -0.2) is 4.79 Å². The van der Waals surface area contributed by atoms with E-state index in [0.717, 1.165) is 16.4 Å². The maximum atomic E-state index is 12.9. The molecule has 5 N–H and O–H groups in total. The fraction of sp³-hybridized carbons (Fsp3) is 0.263. The zero-order valence-electron chi connectivity index (χ0n) is 18.4. The number of nitrogens with one attached hydrogen (secondary N) is 3. The minimum atomic E-state index is -1.51. The lowest BCUT2D eigenvalue weighted by Crippen LogP contribution is -2.71. The number of H-pyrrole nitrogens is 2. The SMILES string of the molecule is CO/N=C(\C(=O)N[C@@H]1C(=O)N2C(C(=O)[O-])=C(C[n+]3ccc4[nH]c(=O)[nH]c4c3)CSC12)c1nsc(N)n1. The Morgan fingerprint density at radius 3 is 2.86 bits per heavy atom. The third-order valence-electron chi connectivity index (χ3n) is 5.47. The molecule has 15 nitrogen and oxygen atoms in total. The summed E-state index contributed by atoms with van der Waals surface area (Å²) in [6.07, 6.45) is 3.33. The summed E-state index contributed by atoms with van der Waals surface area (Å²) in [5.74, 6) is -2.69. The van der Waals surface area contributed by atoms with Gasteiger partial charge in [0.1, 0.15) is 24.0 Å². The lowest BCUT2D eigenvalue weighted by molar-refractivity contribution is -0.687. The van der Waals surface area contributed by atoms with Crippen LogP contribution in [0.1, 0.15) is 5.82 Å². The molecular formula is C19H17N9O6S2. The Bertz CT molecular complexity index is 1520. The number of carboxylic acid groups (broad SMARTS) is 1. The van der Waals surface area contributed by atoms with Gasteiger partial charge in [0.05, 0.1) is 17.2 Å². The van der Waals surface area contributed by atoms with E-state index in [9.17, 15) is 24.3 Å². The average molecular weight is 532 g/mol. The van der Waals surface area contributed by atoms with Gasteiger partial charge < -0.3 is 35.8 Å². The summed E-state index contributed by atoms with van der Waals surface area (Å²) < 4.78 is 5.62. The van der Waals surface area contributed by atoms with Gasteiger partial charge in [0.2, 0.25) is 11.5 Å². The number of nitrogen functional groups attached to an aromatic ring is 1. The second kappa shape index (κ2) is 9.08. The number of carboxylic acids is 1. The maximum Gasteiger partial charge on any atom is 0.323 e. The van der Waals surface area contributed by atoms with E-state index in [1.165, 1.54) is 18.9 Å². The summed E-state index contributed by atoms with van der Waals surface area (Å²) in [4.78, 5) is 64.3. The molecular weight excluding hydrogens is 514 g/mol. The van der Waals surface area contributed by atoms with Crippen molar-refractivity contribution in [3.05, 3.63) is 46.0 Å². The molecule has 3 aromatic rings. The van der Waals surface area contributed by atoms with Gasteiger partial charge in [-0.3, -0.25) is 14.5 Å². The number of β-lactam (4-membered cyclic amide) rings is 1. The third-order valence-corrected chi connectivity index (χ3v) is 7.35. The lowest BCUT2D eigenvalue weighted by atomic mass is 10.0. The highest BCUT2D eigenvalue weighted by Gasteiger charge is 2.53. The fourth-order valence-electron chi connectivity index (χ4n) is 3.95. The Morgan fingerprint density at radius 1 is 1.39 bits per heavy atom. The number of carbonyl (C=O) groups is 3. The van der Waals surface area contributed by atoms with Crippen LogP contribution in [0.4, 0.5) is 5.13 Å². The molecule has 2 aliphatic rings. The Morgan fingerprint density at radius 2 is 2.17 bits per heavy atom. The molecule has 0 spiro atoms. The average Bonchev–Trinajstić information content (AvgIpc) is 3.44. The van der Waals surface area contributed by atoms with Crippen LogP contribution in [0.15, 0.2) is 39.7 Å². The lowest BCUT2D eigenvalue weighted by Gasteiger charge is -2.50. The highest BCUT2D eigenvalue weighted by Crippen LogP contribution is 2.40. The first-order chi connectivity index (χ1) is 17.3. The summed E-state index contributed by atoms with van der Waals surface area (Å²) in [6.45, 7) is 0.147. The summed E-state index contributed by atoms with van der Waals surface area (Å²) in [5, 5.41) is 17.7. The second-order valence-electron chi connectivity index (χ2n) is 7.70. The van der Waals surface area contributed by atoms with Crippen LogP contribution in [0, 0.1) is 0 Å². The summed E-state index contributed by atoms with van der Waals surface area (Å²) >= 11 is 2.15. The molecule has 2 atom stereocenters. The zero-order valence-corrected chi connectivity index (χ0v) is 20.0. The molecule has 36 heavy (non-hydrogen) atoms. The number of hydrogen-bond acceptors (Lipinski definition) is 12. The number of aromatic nitrogens is 5. The molecule has 5 heterocycles. The zero-order chi connectivity index (χ0) is 25.6. The predicted octanol–water partition coefficient (Wildman–Crippen LogP) is -2.97. The Hall–Kier alpha value is -4.25. The first kappa shape index (κ1) is 23.5. The molecule has 0 saturated carbocycles. The van der Waals surface area contributed by atoms with E-state index in [0.29, 0.717) is 16.6 Å². The van der Waals surface area contributed by atoms with Gasteiger partial charge in [0, 0.05) is 28.9 Å². The van der Waals surface area contributed by atoms with E-state index in [-0.39, 0.29) is 40.4 Å². The molecule has 1 saturated heterocycles. The number of aromatic amines is 2. The van der Waals surface area contributed by atoms with E-state index in [1.807, 2.05) is 0 Å². The molecule has 3 aromatic heterocycles. The van der Waals surface area contributed by atoms with Crippen LogP contribution >= 0.6 is 23.3 Å². The normalized spacial score (nSPS) is 19.8. The molecule has 17 heteroatoms. The summed E-state index contributed by atoms with van der Waals surface area (Å²) in [5.41, 5.74) is 6.28. The molecule has 1 fully saturated rings. The number of imidazole rings is 1. The second-order valence-corrected chi connectivity index (χ2v) is 9.59. The molecule has 186 valence electrons. The minimum absolute atomic E-state index is 0.0628. The summed E-state index contributed by atoms with van der Waals surface area (Å²) in [6, 6.07) is 0.667. The van der Waals surface area contributed by atoms with E-state index in [4.69, 9.17) is 10.6 Å². The molecule has 0 aliphatic carbocycles. The van der Waals surface area contributed by atoms with Crippen LogP contribution in [0.2, 0.25) is 0 Å². The predicted molar refractivity (Wildman–Crippen MR) is 124 cm³/mol. The van der Waals surface area contributed by atoms with Crippen molar-refractivity contribution in [2.75, 3.05) is 18.6 Å². The first-order valence-electron chi connectivity index (χ1n) is 10.3. The molecule has 2 amide bonds. The van der Waals surface area contributed by atoms with Crippen molar-refractivity contribution in [2.45, 2.75) is 18.0 Å². The maximum absolute atomic E-state index is 12.9. The monoisotopic (exact) mass is 531 g/mol. The molecule has 1 unspecified atom stereocenters. The van der Waals surface area contributed by atoms with Crippen LogP contribution < -0.4 is 26.4 Å². The number of carbonyl (C=O) groups excluding carboxylic acids is 3. The number of thioether (sulfide) groups is 1. The number of fused-ring (bicyclic) bond motifs is 2. The van der Waals surface area contributed by atoms with Crippen LogP contribution in [0.5, 0.6) is 0 Å². The fourth-order valence-corrected chi connectivity index (χ4v) is 5.72. The standard InChI is InChI=1S/C19H17N9O6S2/c1-34-25-10(13-24-18(20)36-26-13)14(29)23-11-15(30)28-12(17(31)32)7(6-35-16(11)28)4-27-3-2-8-9(5-27)22-19(33)21-8/h2-3,5,11,16H,4,6H2,1H3,(H5,20,22,23,24,26,29,31,32,33)/b25-10-/t11-,16?/m1/s1. The van der Waals surface area contributed by atoms with Crippen molar-refractivity contribution in [3.8, 4) is 0 Å². The van der Waals surface area contributed by atoms with Crippen molar-refractivity contribution in [3.63, 3.8) is 0 Å². The Labute approximate surface area is 209 Å². The van der Waals surface area contributed by atoms with Gasteiger partial charge >= 0.3 is 5.69 Å². The van der Waals surface area contributed by atoms with Crippen LogP contribution in [-0.2, 0) is 25.8 Å². The number of amides is 2. The number of oxime groups is 1. The van der Waals surface area contributed by atoms with Crippen LogP contribution in [0.3, 0.4) is 0 Å². The largest absolute Gasteiger partial charge is 0.543 e. The van der Waals surface area contributed by atoms with Crippen LogP contribution in [0.25, 0.3) is 11.0 Å². The minimum Gasteiger partial charge on any atom is -0.543 e. The van der Waals surface area contributed by atoms with Crippen molar-refractivity contribution < 1.29 is 28.9 Å². The Kier molecular flexibility index (Phi) is 5.92. The number of nitrogens with two attached hydrogens (primary N) is 1. The quantitative estimate of drug-likeness (QED) is 0.105. The van der Waals surface area contributed by atoms with Crippen molar-refractivity contribution >= 4 is 63.0 Å². The van der Waals surface area contributed by atoms with Crippen molar-refractivity contribution in [1.29, 1.82) is 0 Å². The van der Waals surface area contributed by atoms with E-state index < -0.39 is 29.2 Å². The van der Waals surface area contributed by atoms with Gasteiger partial charge in [0.15, 0.2) is 24.1 Å². The Balaban J connectivity index is 1.36. The van der Waals surface area contributed by atoms with Gasteiger partial charge in [-0.1, -0.05) is 5.16 Å². The number of anilines is 1. The first-order valence-corrected chi connectivity index (χ1v) is 12.1. The van der Waals surface area contributed by atoms with Gasteiger partial charge in [-0.15, -0.1) is 11.8 Å². The van der Waals surface area contributed by atoms with Crippen LogP contribution in [-0.4, -0.2) is 72.0 Å². The number of pyridine rings is 1. The van der Waals surface area contributed by atoms with E-state index in [2.05, 4.69) is 29.8 Å². The van der Waals surface area contributed by atoms with Gasteiger partial charge in [-0.05, 0) is 0 Å². The smallest absolute Gasteiger partial charge is 0.323 e. The van der Waals surface area contributed by atoms with Gasteiger partial charge in [0.25, 0.3) is 11.8 Å². The highest BCUT2D eigenvalue weighted by atomic mass is 32.2. The number of rotatable bonds is 7. The number of aliphatic carboxylic acids is 1. The summed E-state index contributed by atoms with van der Waals surface area (Å²) in [7, 11) is 1.23. The van der Waals surface area contributed by atoms with E-state index in [1.54, 1.807) is 23.0 Å². The molecule has 2 aliphatic heterocycles. The number of hydrogen-bond donors (Lipinski definition) is 4. The number of nitrogens with zero attached hydrogens (tertiary/aromatic N) is 5.